The van der Waals surface area contributed by atoms with Crippen molar-refractivity contribution in [1.82, 2.24) is 0 Å². The summed E-state index contributed by atoms with van der Waals surface area (Å²) in [6.45, 7) is 10.5. The predicted octanol–water partition coefficient (Wildman–Crippen LogP) is 4.60. The number of ether oxygens (including phenoxy) is 4. The molecule has 2 saturated heterocycles. The molecule has 152 valence electrons. The summed E-state index contributed by atoms with van der Waals surface area (Å²) in [5.41, 5.74) is -0.799. The maximum atomic E-state index is 14.0. The first kappa shape index (κ1) is 20.6. The Morgan fingerprint density at radius 1 is 1.19 bits per heavy atom. The fraction of sp³-hybridized carbons (Fsp3) is 0.714. The van der Waals surface area contributed by atoms with E-state index < -0.39 is 29.1 Å². The molecule has 2 heterocycles. The lowest BCUT2D eigenvalue weighted by atomic mass is 9.73. The molecule has 1 aromatic rings. The first-order chi connectivity index (χ1) is 12.7. The number of benzene rings is 1. The highest BCUT2D eigenvalue weighted by atomic mass is 19.2. The molecular weight excluding hydrogens is 354 g/mol. The lowest BCUT2D eigenvalue weighted by Gasteiger charge is -2.40. The lowest BCUT2D eigenvalue weighted by molar-refractivity contribution is -0.216. The van der Waals surface area contributed by atoms with Crippen LogP contribution in [0.25, 0.3) is 0 Å². The van der Waals surface area contributed by atoms with Gasteiger partial charge in [0.15, 0.2) is 17.9 Å². The van der Waals surface area contributed by atoms with Crippen LogP contribution in [0.2, 0.25) is 0 Å². The van der Waals surface area contributed by atoms with Crippen LogP contribution in [0.4, 0.5) is 8.78 Å². The zero-order valence-electron chi connectivity index (χ0n) is 16.8. The van der Waals surface area contributed by atoms with Gasteiger partial charge in [-0.3, -0.25) is 0 Å². The molecule has 0 N–H and O–H groups in total. The van der Waals surface area contributed by atoms with Crippen molar-refractivity contribution in [3.63, 3.8) is 0 Å². The zero-order valence-corrected chi connectivity index (χ0v) is 16.8. The van der Waals surface area contributed by atoms with Crippen molar-refractivity contribution in [2.24, 2.45) is 5.92 Å². The van der Waals surface area contributed by atoms with E-state index in [1.165, 1.54) is 12.1 Å². The van der Waals surface area contributed by atoms with Gasteiger partial charge in [0.05, 0.1) is 12.2 Å². The molecule has 6 heteroatoms. The fourth-order valence-electron chi connectivity index (χ4n) is 4.46. The average Bonchev–Trinajstić information content (AvgIpc) is 3.08. The van der Waals surface area contributed by atoms with Gasteiger partial charge >= 0.3 is 0 Å². The quantitative estimate of drug-likeness (QED) is 0.614. The van der Waals surface area contributed by atoms with E-state index in [2.05, 4.69) is 13.8 Å². The van der Waals surface area contributed by atoms with Gasteiger partial charge in [0.25, 0.3) is 0 Å². The van der Waals surface area contributed by atoms with E-state index in [9.17, 15) is 8.78 Å². The second-order valence-corrected chi connectivity index (χ2v) is 8.05. The van der Waals surface area contributed by atoms with Gasteiger partial charge < -0.3 is 18.9 Å². The molecule has 2 aliphatic heterocycles. The maximum Gasteiger partial charge on any atom is 0.164 e. The Morgan fingerprint density at radius 2 is 1.93 bits per heavy atom. The summed E-state index contributed by atoms with van der Waals surface area (Å²) in [5, 5.41) is 0. The smallest absolute Gasteiger partial charge is 0.164 e. The standard InChI is InChI=1S/C21H30F2O4/c1-6-24-14(4)26-19-18(20(5)10-11-21(19,27-20)13(2)3)25-12-15-8-7-9-16(22)17(15)23/h7-9,13-14,18-19H,6,10-12H2,1-5H3/t14?,18-,19-,20+,21+/m1/s1. The van der Waals surface area contributed by atoms with Gasteiger partial charge in [0.1, 0.15) is 17.8 Å². The van der Waals surface area contributed by atoms with Crippen LogP contribution in [-0.2, 0) is 25.6 Å². The van der Waals surface area contributed by atoms with E-state index in [0.29, 0.717) is 6.61 Å². The lowest BCUT2D eigenvalue weighted by Crippen LogP contribution is -2.54. The average molecular weight is 384 g/mol. The van der Waals surface area contributed by atoms with Crippen LogP contribution in [0, 0.1) is 17.6 Å². The number of hydrogen-bond acceptors (Lipinski definition) is 4. The molecule has 4 nitrogen and oxygen atoms in total. The molecule has 0 aliphatic carbocycles. The monoisotopic (exact) mass is 384 g/mol. The number of fused-ring (bicyclic) bond motifs is 2. The normalized spacial score (nSPS) is 33.8. The molecule has 27 heavy (non-hydrogen) atoms. The molecule has 2 bridgehead atoms. The van der Waals surface area contributed by atoms with Gasteiger partial charge in [-0.05, 0) is 45.6 Å². The van der Waals surface area contributed by atoms with Crippen molar-refractivity contribution in [1.29, 1.82) is 0 Å². The Bertz CT molecular complexity index is 668. The number of rotatable bonds is 8. The van der Waals surface area contributed by atoms with Crippen molar-refractivity contribution >= 4 is 0 Å². The molecule has 0 aromatic heterocycles. The minimum atomic E-state index is -0.872. The Hall–Kier alpha value is -1.08. The van der Waals surface area contributed by atoms with Crippen molar-refractivity contribution < 1.29 is 27.7 Å². The van der Waals surface area contributed by atoms with Gasteiger partial charge in [-0.1, -0.05) is 26.0 Å². The summed E-state index contributed by atoms with van der Waals surface area (Å²) in [6, 6.07) is 4.12. The number of halogens is 2. The van der Waals surface area contributed by atoms with Gasteiger partial charge in [-0.25, -0.2) is 8.78 Å². The van der Waals surface area contributed by atoms with Crippen LogP contribution >= 0.6 is 0 Å². The molecule has 0 saturated carbocycles. The summed E-state index contributed by atoms with van der Waals surface area (Å²) >= 11 is 0. The first-order valence-corrected chi connectivity index (χ1v) is 9.75. The highest BCUT2D eigenvalue weighted by molar-refractivity contribution is 5.20. The molecule has 3 rings (SSSR count). The number of hydrogen-bond donors (Lipinski definition) is 0. The molecule has 0 spiro atoms. The topological polar surface area (TPSA) is 36.9 Å². The Morgan fingerprint density at radius 3 is 2.59 bits per heavy atom. The van der Waals surface area contributed by atoms with Gasteiger partial charge in [-0.2, -0.15) is 0 Å². The van der Waals surface area contributed by atoms with Crippen LogP contribution in [0.3, 0.4) is 0 Å². The molecule has 1 unspecified atom stereocenters. The largest absolute Gasteiger partial charge is 0.368 e. The van der Waals surface area contributed by atoms with E-state index in [-0.39, 0.29) is 30.3 Å². The highest BCUT2D eigenvalue weighted by Gasteiger charge is 2.68. The van der Waals surface area contributed by atoms with Crippen LogP contribution < -0.4 is 0 Å². The summed E-state index contributed by atoms with van der Waals surface area (Å²) < 4.78 is 51.9. The molecular formula is C21H30F2O4. The summed E-state index contributed by atoms with van der Waals surface area (Å²) in [4.78, 5) is 0. The summed E-state index contributed by atoms with van der Waals surface area (Å²) in [5.74, 6) is -1.52. The van der Waals surface area contributed by atoms with Crippen LogP contribution in [0.15, 0.2) is 18.2 Å². The van der Waals surface area contributed by atoms with E-state index >= 15 is 0 Å². The minimum absolute atomic E-state index is 0.0374. The third-order valence-corrected chi connectivity index (χ3v) is 5.96. The van der Waals surface area contributed by atoms with Gasteiger partial charge in [-0.15, -0.1) is 0 Å². The van der Waals surface area contributed by atoms with Gasteiger partial charge in [0.2, 0.25) is 0 Å². The van der Waals surface area contributed by atoms with Crippen LogP contribution in [0.1, 0.15) is 53.0 Å². The van der Waals surface area contributed by atoms with Crippen molar-refractivity contribution in [3.8, 4) is 0 Å². The third-order valence-electron chi connectivity index (χ3n) is 5.96. The first-order valence-electron chi connectivity index (χ1n) is 9.75. The van der Waals surface area contributed by atoms with E-state index in [1.54, 1.807) is 0 Å². The van der Waals surface area contributed by atoms with Crippen molar-refractivity contribution in [2.45, 2.75) is 83.8 Å². The second-order valence-electron chi connectivity index (χ2n) is 8.05. The molecule has 0 radical (unpaired) electrons. The predicted molar refractivity (Wildman–Crippen MR) is 97.2 cm³/mol. The Kier molecular flexibility index (Phi) is 5.92. The third kappa shape index (κ3) is 3.65. The molecule has 0 amide bonds. The fourth-order valence-corrected chi connectivity index (χ4v) is 4.46. The zero-order chi connectivity index (χ0) is 19.8. The van der Waals surface area contributed by atoms with E-state index in [1.807, 2.05) is 20.8 Å². The molecule has 2 fully saturated rings. The van der Waals surface area contributed by atoms with E-state index in [0.717, 1.165) is 18.9 Å². The molecule has 2 aliphatic rings. The minimum Gasteiger partial charge on any atom is -0.368 e. The second kappa shape index (κ2) is 7.74. The summed E-state index contributed by atoms with van der Waals surface area (Å²) in [7, 11) is 0. The van der Waals surface area contributed by atoms with Crippen LogP contribution in [-0.4, -0.2) is 36.3 Å². The Balaban J connectivity index is 1.83. The maximum absolute atomic E-state index is 14.0. The van der Waals surface area contributed by atoms with Crippen molar-refractivity contribution in [3.05, 3.63) is 35.4 Å². The Labute approximate surface area is 160 Å². The van der Waals surface area contributed by atoms with Crippen LogP contribution in [0.5, 0.6) is 0 Å². The molecule has 5 atom stereocenters. The van der Waals surface area contributed by atoms with Gasteiger partial charge in [0, 0.05) is 12.2 Å². The van der Waals surface area contributed by atoms with Crippen molar-refractivity contribution in [2.75, 3.05) is 6.61 Å². The van der Waals surface area contributed by atoms with E-state index in [4.69, 9.17) is 18.9 Å². The SMILES string of the molecule is CCOC(C)O[C@@H]1[C@@H](OCc2cccc(F)c2F)[C@]2(C)CC[C@@]1(C(C)C)O2. The highest BCUT2D eigenvalue weighted by Crippen LogP contribution is 2.56. The summed E-state index contributed by atoms with van der Waals surface area (Å²) in [6.07, 6.45) is 0.580. The molecule has 1 aromatic carbocycles.